The van der Waals surface area contributed by atoms with Crippen molar-refractivity contribution in [1.29, 1.82) is 0 Å². The average molecular weight is 480 g/mol. The van der Waals surface area contributed by atoms with Gasteiger partial charge in [-0.25, -0.2) is 9.98 Å². The van der Waals surface area contributed by atoms with Gasteiger partial charge in [-0.1, -0.05) is 35.1 Å². The third kappa shape index (κ3) is 5.02. The highest BCUT2D eigenvalue weighted by Crippen LogP contribution is 2.41. The lowest BCUT2D eigenvalue weighted by Gasteiger charge is -2.07. The summed E-state index contributed by atoms with van der Waals surface area (Å²) < 4.78 is 10.6. The Labute approximate surface area is 199 Å². The standard InChI is InChI=1S/C24H18ClN3O4S/c1-31-20-12-3-15(13-21(20)32-2)14-26-24-27-22(16-4-8-18(25)9-5-16)23(33-24)17-6-10-19(11-7-17)28(29)30/h3-14H,1-2H3/b26-14+. The number of non-ortho nitro benzene ring substituents is 1. The van der Waals surface area contributed by atoms with E-state index in [1.807, 2.05) is 30.3 Å². The Kier molecular flexibility index (Phi) is 6.67. The first-order chi connectivity index (χ1) is 16.0. The van der Waals surface area contributed by atoms with Crippen LogP contribution in [0, 0.1) is 10.1 Å². The van der Waals surface area contributed by atoms with E-state index < -0.39 is 4.92 Å². The molecule has 0 amide bonds. The molecule has 4 rings (SSSR count). The Hall–Kier alpha value is -3.75. The van der Waals surface area contributed by atoms with Gasteiger partial charge in [-0.15, -0.1) is 0 Å². The van der Waals surface area contributed by atoms with E-state index in [2.05, 4.69) is 4.99 Å². The maximum Gasteiger partial charge on any atom is 0.269 e. The van der Waals surface area contributed by atoms with Crippen LogP contribution in [-0.2, 0) is 0 Å². The predicted molar refractivity (Wildman–Crippen MR) is 131 cm³/mol. The van der Waals surface area contributed by atoms with Gasteiger partial charge >= 0.3 is 0 Å². The van der Waals surface area contributed by atoms with Crippen LogP contribution in [0.5, 0.6) is 11.5 Å². The van der Waals surface area contributed by atoms with Crippen molar-refractivity contribution in [2.45, 2.75) is 0 Å². The maximum atomic E-state index is 11.0. The number of thiazole rings is 1. The van der Waals surface area contributed by atoms with E-state index in [9.17, 15) is 10.1 Å². The number of nitro benzene ring substituents is 1. The number of benzene rings is 3. The van der Waals surface area contributed by atoms with E-state index in [0.717, 1.165) is 27.3 Å². The monoisotopic (exact) mass is 479 g/mol. The Morgan fingerprint density at radius 3 is 2.27 bits per heavy atom. The molecule has 1 heterocycles. The highest BCUT2D eigenvalue weighted by atomic mass is 35.5. The first-order valence-electron chi connectivity index (χ1n) is 9.76. The molecule has 0 bridgehead atoms. The molecule has 0 aliphatic carbocycles. The minimum absolute atomic E-state index is 0.0306. The van der Waals surface area contributed by atoms with Gasteiger partial charge in [0.1, 0.15) is 0 Å². The zero-order chi connectivity index (χ0) is 23.4. The fourth-order valence-electron chi connectivity index (χ4n) is 3.16. The summed E-state index contributed by atoms with van der Waals surface area (Å²) in [5, 5.41) is 12.2. The van der Waals surface area contributed by atoms with Crippen LogP contribution in [0.2, 0.25) is 5.02 Å². The molecule has 0 saturated carbocycles. The fourth-order valence-corrected chi connectivity index (χ4v) is 4.23. The van der Waals surface area contributed by atoms with Gasteiger partial charge in [-0.2, -0.15) is 0 Å². The van der Waals surface area contributed by atoms with Crippen molar-refractivity contribution in [3.05, 3.63) is 87.4 Å². The molecule has 0 spiro atoms. The predicted octanol–water partition coefficient (Wildman–Crippen LogP) is 6.81. The SMILES string of the molecule is COc1ccc(/C=N/c2nc(-c3ccc(Cl)cc3)c(-c3ccc([N+](=O)[O-])cc3)s2)cc1OC. The number of ether oxygens (including phenoxy) is 2. The van der Waals surface area contributed by atoms with E-state index in [-0.39, 0.29) is 5.69 Å². The Balaban J connectivity index is 1.74. The van der Waals surface area contributed by atoms with Gasteiger partial charge in [-0.3, -0.25) is 10.1 Å². The molecule has 0 aliphatic rings. The van der Waals surface area contributed by atoms with Crippen LogP contribution in [0.15, 0.2) is 71.7 Å². The van der Waals surface area contributed by atoms with Crippen LogP contribution in [0.4, 0.5) is 10.8 Å². The largest absolute Gasteiger partial charge is 0.493 e. The molecular formula is C24H18ClN3O4S. The summed E-state index contributed by atoms with van der Waals surface area (Å²) in [4.78, 5) is 20.7. The molecule has 7 nitrogen and oxygen atoms in total. The molecule has 1 aromatic heterocycles. The number of aliphatic imine (C=N–C) groups is 1. The van der Waals surface area contributed by atoms with Crippen molar-refractivity contribution in [3.63, 3.8) is 0 Å². The normalized spacial score (nSPS) is 11.0. The zero-order valence-electron chi connectivity index (χ0n) is 17.7. The first kappa shape index (κ1) is 22.4. The van der Waals surface area contributed by atoms with Crippen molar-refractivity contribution >= 4 is 40.0 Å². The number of aromatic nitrogens is 1. The summed E-state index contributed by atoms with van der Waals surface area (Å²) in [6, 6.07) is 19.2. The number of hydrogen-bond acceptors (Lipinski definition) is 7. The van der Waals surface area contributed by atoms with Gasteiger partial charge in [-0.05, 0) is 53.6 Å². The summed E-state index contributed by atoms with van der Waals surface area (Å²) in [5.41, 5.74) is 3.27. The van der Waals surface area contributed by atoms with E-state index in [4.69, 9.17) is 26.1 Å². The zero-order valence-corrected chi connectivity index (χ0v) is 19.3. The molecule has 4 aromatic rings. The van der Waals surface area contributed by atoms with Gasteiger partial charge < -0.3 is 9.47 Å². The Bertz CT molecular complexity index is 1320. The smallest absolute Gasteiger partial charge is 0.269 e. The molecule has 0 N–H and O–H groups in total. The second kappa shape index (κ2) is 9.81. The van der Waals surface area contributed by atoms with Crippen LogP contribution >= 0.6 is 22.9 Å². The summed E-state index contributed by atoms with van der Waals surface area (Å²) in [7, 11) is 3.16. The minimum atomic E-state index is -0.421. The van der Waals surface area contributed by atoms with Crippen LogP contribution < -0.4 is 9.47 Å². The number of nitrogens with zero attached hydrogens (tertiary/aromatic N) is 3. The second-order valence-corrected chi connectivity index (χ2v) is 8.27. The number of methoxy groups -OCH3 is 2. The third-order valence-electron chi connectivity index (χ3n) is 4.81. The topological polar surface area (TPSA) is 86.9 Å². The lowest BCUT2D eigenvalue weighted by Crippen LogP contribution is -1.91. The lowest BCUT2D eigenvalue weighted by molar-refractivity contribution is -0.384. The molecule has 33 heavy (non-hydrogen) atoms. The molecular weight excluding hydrogens is 462 g/mol. The molecule has 0 unspecified atom stereocenters. The van der Waals surface area contributed by atoms with Gasteiger partial charge in [0.05, 0.1) is 29.7 Å². The summed E-state index contributed by atoms with van der Waals surface area (Å²) in [5.74, 6) is 1.24. The molecule has 0 atom stereocenters. The van der Waals surface area contributed by atoms with Crippen molar-refractivity contribution in [2.75, 3.05) is 14.2 Å². The van der Waals surface area contributed by atoms with Crippen LogP contribution in [0.1, 0.15) is 5.56 Å². The van der Waals surface area contributed by atoms with Crippen LogP contribution in [0.3, 0.4) is 0 Å². The number of hydrogen-bond donors (Lipinski definition) is 0. The molecule has 0 aliphatic heterocycles. The van der Waals surface area contributed by atoms with Crippen molar-refractivity contribution < 1.29 is 14.4 Å². The summed E-state index contributed by atoms with van der Waals surface area (Å²) in [6.07, 6.45) is 1.70. The second-order valence-electron chi connectivity index (χ2n) is 6.86. The van der Waals surface area contributed by atoms with E-state index in [0.29, 0.717) is 21.7 Å². The third-order valence-corrected chi connectivity index (χ3v) is 6.07. The quantitative estimate of drug-likeness (QED) is 0.165. The van der Waals surface area contributed by atoms with Crippen LogP contribution in [-0.4, -0.2) is 30.3 Å². The van der Waals surface area contributed by atoms with Crippen LogP contribution in [0.25, 0.3) is 21.7 Å². The first-order valence-corrected chi connectivity index (χ1v) is 11.0. The summed E-state index contributed by atoms with van der Waals surface area (Å²) in [6.45, 7) is 0. The Morgan fingerprint density at radius 2 is 1.64 bits per heavy atom. The Morgan fingerprint density at radius 1 is 0.970 bits per heavy atom. The van der Waals surface area contributed by atoms with E-state index >= 15 is 0 Å². The van der Waals surface area contributed by atoms with Gasteiger partial charge in [0, 0.05) is 28.9 Å². The highest BCUT2D eigenvalue weighted by molar-refractivity contribution is 7.19. The molecule has 0 radical (unpaired) electrons. The molecule has 0 fully saturated rings. The number of halogens is 1. The molecule has 0 saturated heterocycles. The fraction of sp³-hybridized carbons (Fsp3) is 0.0833. The van der Waals surface area contributed by atoms with E-state index in [1.165, 1.54) is 23.5 Å². The average Bonchev–Trinajstić information content (AvgIpc) is 3.27. The summed E-state index contributed by atoms with van der Waals surface area (Å²) >= 11 is 7.44. The maximum absolute atomic E-state index is 11.0. The van der Waals surface area contributed by atoms with Crippen molar-refractivity contribution in [3.8, 4) is 33.2 Å². The van der Waals surface area contributed by atoms with Gasteiger partial charge in [0.2, 0.25) is 5.13 Å². The van der Waals surface area contributed by atoms with E-state index in [1.54, 1.807) is 44.7 Å². The minimum Gasteiger partial charge on any atom is -0.493 e. The lowest BCUT2D eigenvalue weighted by atomic mass is 10.1. The van der Waals surface area contributed by atoms with Gasteiger partial charge in [0.15, 0.2) is 11.5 Å². The molecule has 3 aromatic carbocycles. The van der Waals surface area contributed by atoms with Crippen molar-refractivity contribution in [2.24, 2.45) is 4.99 Å². The molecule has 166 valence electrons. The highest BCUT2D eigenvalue weighted by Gasteiger charge is 2.16. The number of nitro groups is 1. The number of rotatable bonds is 7. The van der Waals surface area contributed by atoms with Crippen molar-refractivity contribution in [1.82, 2.24) is 4.98 Å². The molecule has 9 heteroatoms. The van der Waals surface area contributed by atoms with Gasteiger partial charge in [0.25, 0.3) is 5.69 Å².